The van der Waals surface area contributed by atoms with Gasteiger partial charge in [-0.3, -0.25) is 0 Å². The number of hydrogen-bond donors (Lipinski definition) is 1. The summed E-state index contributed by atoms with van der Waals surface area (Å²) in [5, 5.41) is 5.19. The van der Waals surface area contributed by atoms with Crippen LogP contribution in [0, 0.1) is 0 Å². The molecule has 1 saturated heterocycles. The lowest BCUT2D eigenvalue weighted by Gasteiger charge is -2.22. The normalized spacial score (nSPS) is 22.9. The average Bonchev–Trinajstić information content (AvgIpc) is 2.21. The number of aromatic nitrogens is 1. The van der Waals surface area contributed by atoms with Gasteiger partial charge in [0.05, 0.1) is 10.4 Å². The van der Waals surface area contributed by atoms with Crippen LogP contribution in [0.15, 0.2) is 29.4 Å². The molecule has 1 N–H and O–H groups in total. The van der Waals surface area contributed by atoms with Gasteiger partial charge in [0, 0.05) is 6.20 Å². The molecule has 0 radical (unpaired) electrons. The molecule has 2 rings (SSSR count). The van der Waals surface area contributed by atoms with Crippen molar-refractivity contribution in [1.82, 2.24) is 10.3 Å². The van der Waals surface area contributed by atoms with Gasteiger partial charge in [-0.1, -0.05) is 17.8 Å². The minimum atomic E-state index is 0.573. The van der Waals surface area contributed by atoms with E-state index in [4.69, 9.17) is 0 Å². The molecule has 1 atom stereocenters. The van der Waals surface area contributed by atoms with Crippen LogP contribution in [-0.2, 0) is 0 Å². The van der Waals surface area contributed by atoms with Crippen LogP contribution in [0.1, 0.15) is 19.3 Å². The van der Waals surface area contributed by atoms with Gasteiger partial charge in [0.1, 0.15) is 0 Å². The molecule has 1 aliphatic heterocycles. The Bertz CT molecular complexity index is 244. The molecule has 1 unspecified atom stereocenters. The van der Waals surface area contributed by atoms with E-state index in [0.717, 1.165) is 11.6 Å². The zero-order chi connectivity index (χ0) is 8.93. The van der Waals surface area contributed by atoms with E-state index in [1.165, 1.54) is 19.3 Å². The number of piperidine rings is 1. The van der Waals surface area contributed by atoms with E-state index in [2.05, 4.69) is 16.4 Å². The van der Waals surface area contributed by atoms with Gasteiger partial charge in [0.15, 0.2) is 0 Å². The first kappa shape index (κ1) is 9.03. The molecule has 70 valence electrons. The second-order valence-corrected chi connectivity index (χ2v) is 4.45. The molecule has 1 aliphatic rings. The molecule has 3 heteroatoms. The van der Waals surface area contributed by atoms with Crippen molar-refractivity contribution in [2.45, 2.75) is 29.7 Å². The van der Waals surface area contributed by atoms with Crippen molar-refractivity contribution in [3.8, 4) is 0 Å². The van der Waals surface area contributed by atoms with Gasteiger partial charge in [-0.15, -0.1) is 0 Å². The lowest BCUT2D eigenvalue weighted by Crippen LogP contribution is -2.31. The fourth-order valence-corrected chi connectivity index (χ4v) is 2.54. The smallest absolute Gasteiger partial charge is 0.0975 e. The molecule has 0 amide bonds. The third kappa shape index (κ3) is 2.71. The third-order valence-corrected chi connectivity index (χ3v) is 3.34. The molecule has 13 heavy (non-hydrogen) atoms. The lowest BCUT2D eigenvalue weighted by molar-refractivity contribution is 0.491. The Morgan fingerprint density at radius 2 is 2.38 bits per heavy atom. The summed E-state index contributed by atoms with van der Waals surface area (Å²) >= 11 is 1.84. The van der Waals surface area contributed by atoms with Crippen molar-refractivity contribution in [3.05, 3.63) is 24.4 Å². The van der Waals surface area contributed by atoms with Gasteiger partial charge in [-0.2, -0.15) is 0 Å². The average molecular weight is 194 g/mol. The largest absolute Gasteiger partial charge is 0.305 e. The van der Waals surface area contributed by atoms with Gasteiger partial charge >= 0.3 is 0 Å². The van der Waals surface area contributed by atoms with Crippen LogP contribution in [0.4, 0.5) is 0 Å². The summed E-state index contributed by atoms with van der Waals surface area (Å²) in [6, 6.07) is 6.07. The summed E-state index contributed by atoms with van der Waals surface area (Å²) < 4.78 is 0. The summed E-state index contributed by atoms with van der Waals surface area (Å²) in [7, 11) is 0. The highest BCUT2D eigenvalue weighted by molar-refractivity contribution is 7.99. The number of pyridine rings is 1. The second-order valence-electron chi connectivity index (χ2n) is 3.22. The topological polar surface area (TPSA) is 24.9 Å². The summed E-state index contributed by atoms with van der Waals surface area (Å²) in [6.45, 7) is 1.16. The van der Waals surface area contributed by atoms with Gasteiger partial charge in [-0.05, 0) is 37.9 Å². The number of nitrogens with one attached hydrogen (secondary N) is 1. The molecule has 2 heterocycles. The highest BCUT2D eigenvalue weighted by atomic mass is 32.2. The van der Waals surface area contributed by atoms with Crippen molar-refractivity contribution in [2.24, 2.45) is 0 Å². The monoisotopic (exact) mass is 194 g/mol. The van der Waals surface area contributed by atoms with Crippen molar-refractivity contribution < 1.29 is 0 Å². The molecule has 0 saturated carbocycles. The SMILES string of the molecule is c1ccc(SC2CCCCN2)nc1. The van der Waals surface area contributed by atoms with Crippen LogP contribution in [-0.4, -0.2) is 16.9 Å². The predicted molar refractivity (Wildman–Crippen MR) is 55.7 cm³/mol. The van der Waals surface area contributed by atoms with Crippen LogP contribution < -0.4 is 5.32 Å². The number of hydrogen-bond acceptors (Lipinski definition) is 3. The van der Waals surface area contributed by atoms with Crippen molar-refractivity contribution in [3.63, 3.8) is 0 Å². The Hall–Kier alpha value is -0.540. The minimum absolute atomic E-state index is 0.573. The minimum Gasteiger partial charge on any atom is -0.305 e. The Morgan fingerprint density at radius 1 is 1.38 bits per heavy atom. The molecule has 1 fully saturated rings. The maximum Gasteiger partial charge on any atom is 0.0975 e. The zero-order valence-corrected chi connectivity index (χ0v) is 8.39. The van der Waals surface area contributed by atoms with Gasteiger partial charge in [0.2, 0.25) is 0 Å². The molecule has 1 aromatic rings. The van der Waals surface area contributed by atoms with E-state index < -0.39 is 0 Å². The Kier molecular flexibility index (Phi) is 3.22. The van der Waals surface area contributed by atoms with E-state index in [0.29, 0.717) is 5.37 Å². The van der Waals surface area contributed by atoms with E-state index in [1.54, 1.807) is 0 Å². The zero-order valence-electron chi connectivity index (χ0n) is 7.57. The molecular formula is C10H14N2S. The van der Waals surface area contributed by atoms with Crippen molar-refractivity contribution >= 4 is 11.8 Å². The van der Waals surface area contributed by atoms with E-state index in [1.807, 2.05) is 30.1 Å². The summed E-state index contributed by atoms with van der Waals surface area (Å²) in [4.78, 5) is 4.30. The fourth-order valence-electron chi connectivity index (χ4n) is 1.48. The summed E-state index contributed by atoms with van der Waals surface area (Å²) in [5.74, 6) is 0. The first-order chi connectivity index (χ1) is 6.45. The van der Waals surface area contributed by atoms with Crippen LogP contribution in [0.2, 0.25) is 0 Å². The van der Waals surface area contributed by atoms with Gasteiger partial charge in [-0.25, -0.2) is 4.98 Å². The lowest BCUT2D eigenvalue weighted by atomic mass is 10.2. The molecule has 0 aliphatic carbocycles. The summed E-state index contributed by atoms with van der Waals surface area (Å²) in [5.41, 5.74) is 0. The first-order valence-corrected chi connectivity index (χ1v) is 5.64. The maximum atomic E-state index is 4.30. The molecule has 1 aromatic heterocycles. The quantitative estimate of drug-likeness (QED) is 0.781. The highest BCUT2D eigenvalue weighted by Gasteiger charge is 2.13. The second kappa shape index (κ2) is 4.63. The maximum absolute atomic E-state index is 4.30. The molecule has 2 nitrogen and oxygen atoms in total. The Labute approximate surface area is 83.1 Å². The van der Waals surface area contributed by atoms with Crippen molar-refractivity contribution in [2.75, 3.05) is 6.54 Å². The Balaban J connectivity index is 1.90. The number of thioether (sulfide) groups is 1. The van der Waals surface area contributed by atoms with Gasteiger partial charge in [0.25, 0.3) is 0 Å². The van der Waals surface area contributed by atoms with Crippen LogP contribution in [0.5, 0.6) is 0 Å². The van der Waals surface area contributed by atoms with Crippen LogP contribution in [0.25, 0.3) is 0 Å². The Morgan fingerprint density at radius 3 is 3.08 bits per heavy atom. The summed E-state index contributed by atoms with van der Waals surface area (Å²) in [6.07, 6.45) is 5.78. The molecular weight excluding hydrogens is 180 g/mol. The van der Waals surface area contributed by atoms with Crippen LogP contribution >= 0.6 is 11.8 Å². The fraction of sp³-hybridized carbons (Fsp3) is 0.500. The highest BCUT2D eigenvalue weighted by Crippen LogP contribution is 2.24. The number of nitrogens with zero attached hydrogens (tertiary/aromatic N) is 1. The van der Waals surface area contributed by atoms with E-state index in [-0.39, 0.29) is 0 Å². The predicted octanol–water partition coefficient (Wildman–Crippen LogP) is 2.27. The van der Waals surface area contributed by atoms with Crippen LogP contribution in [0.3, 0.4) is 0 Å². The van der Waals surface area contributed by atoms with E-state index in [9.17, 15) is 0 Å². The number of rotatable bonds is 2. The molecule has 0 aromatic carbocycles. The van der Waals surface area contributed by atoms with Crippen molar-refractivity contribution in [1.29, 1.82) is 0 Å². The first-order valence-electron chi connectivity index (χ1n) is 4.76. The molecule has 0 bridgehead atoms. The van der Waals surface area contributed by atoms with E-state index >= 15 is 0 Å². The van der Waals surface area contributed by atoms with Gasteiger partial charge < -0.3 is 5.32 Å². The molecule has 0 spiro atoms. The standard InChI is InChI=1S/C10H14N2S/c1-3-7-11-9(5-1)13-10-6-2-4-8-12-10/h1,3,5,7,10,12H,2,4,6,8H2. The third-order valence-electron chi connectivity index (χ3n) is 2.17.